The van der Waals surface area contributed by atoms with E-state index in [1.807, 2.05) is 0 Å². The molecule has 0 atom stereocenters. The van der Waals surface area contributed by atoms with Crippen molar-refractivity contribution in [1.29, 1.82) is 0 Å². The molecule has 0 bridgehead atoms. The lowest BCUT2D eigenvalue weighted by Crippen LogP contribution is -2.13. The van der Waals surface area contributed by atoms with Gasteiger partial charge in [-0.05, 0) is 0 Å². The van der Waals surface area contributed by atoms with Crippen LogP contribution in [0.3, 0.4) is 0 Å². The van der Waals surface area contributed by atoms with E-state index in [1.165, 1.54) is 12.2 Å². The van der Waals surface area contributed by atoms with Crippen LogP contribution in [0.5, 0.6) is 0 Å². The number of rotatable bonds is 5. The fourth-order valence-electron chi connectivity index (χ4n) is 0.441. The summed E-state index contributed by atoms with van der Waals surface area (Å²) in [5, 5.41) is 0. The third kappa shape index (κ3) is 5.26. The molecule has 0 amide bonds. The van der Waals surface area contributed by atoms with Gasteiger partial charge in [0.2, 0.25) is 12.2 Å². The first-order chi connectivity index (χ1) is 6.24. The van der Waals surface area contributed by atoms with Crippen LogP contribution in [0.1, 0.15) is 0 Å². The average molecular weight is 182 g/mol. The summed E-state index contributed by atoms with van der Waals surface area (Å²) >= 11 is 0. The van der Waals surface area contributed by atoms with Crippen LogP contribution in [0, 0.1) is 0 Å². The van der Waals surface area contributed by atoms with Gasteiger partial charge in [-0.3, -0.25) is 0 Å². The number of isocyanates is 2. The van der Waals surface area contributed by atoms with Gasteiger partial charge in [-0.1, -0.05) is 6.58 Å². The zero-order valence-electron chi connectivity index (χ0n) is 6.60. The van der Waals surface area contributed by atoms with E-state index in [1.54, 1.807) is 0 Å². The topological polar surface area (TPSA) is 85.2 Å². The molecule has 0 spiro atoms. The van der Waals surface area contributed by atoms with Crippen molar-refractivity contribution in [1.82, 2.24) is 0 Å². The molecule has 0 aromatic rings. The minimum Gasteiger partial charge on any atom is -0.458 e. The first-order valence-electron chi connectivity index (χ1n) is 3.17. The summed E-state index contributed by atoms with van der Waals surface area (Å²) in [6.45, 7) is 2.83. The van der Waals surface area contributed by atoms with Gasteiger partial charge in [-0.2, -0.15) is 9.98 Å². The Morgan fingerprint density at radius 2 is 2.00 bits per heavy atom. The Hall–Kier alpha value is -2.03. The summed E-state index contributed by atoms with van der Waals surface area (Å²) in [6, 6.07) is 0. The highest BCUT2D eigenvalue weighted by Gasteiger charge is 2.06. The molecular formula is C7H6N2O4. The van der Waals surface area contributed by atoms with Crippen LogP contribution in [0.4, 0.5) is 0 Å². The highest BCUT2D eigenvalue weighted by Crippen LogP contribution is 1.93. The molecule has 0 aliphatic carbocycles. The van der Waals surface area contributed by atoms with Gasteiger partial charge in [0.15, 0.2) is 6.17 Å². The lowest BCUT2D eigenvalue weighted by molar-refractivity contribution is -0.138. The van der Waals surface area contributed by atoms with Gasteiger partial charge in [0.05, 0.1) is 0 Å². The van der Waals surface area contributed by atoms with E-state index in [2.05, 4.69) is 21.3 Å². The number of aliphatic imine (C=N–C) groups is 2. The maximum absolute atomic E-state index is 10.5. The molecule has 0 rings (SSSR count). The third-order valence-electron chi connectivity index (χ3n) is 0.945. The number of hydrogen-bond acceptors (Lipinski definition) is 6. The summed E-state index contributed by atoms with van der Waals surface area (Å²) in [6.07, 6.45) is 2.23. The maximum Gasteiger partial charge on any atom is 0.330 e. The van der Waals surface area contributed by atoms with Gasteiger partial charge in [0, 0.05) is 6.08 Å². The second-order valence-corrected chi connectivity index (χ2v) is 1.76. The van der Waals surface area contributed by atoms with Crippen molar-refractivity contribution in [2.24, 2.45) is 9.98 Å². The van der Waals surface area contributed by atoms with Crippen LogP contribution in [0.15, 0.2) is 22.6 Å². The zero-order valence-corrected chi connectivity index (χ0v) is 6.60. The van der Waals surface area contributed by atoms with Gasteiger partial charge < -0.3 is 4.74 Å². The Morgan fingerprint density at radius 1 is 1.46 bits per heavy atom. The van der Waals surface area contributed by atoms with Crippen LogP contribution in [-0.2, 0) is 19.1 Å². The van der Waals surface area contributed by atoms with Crippen LogP contribution in [0.2, 0.25) is 0 Å². The van der Waals surface area contributed by atoms with Crippen molar-refractivity contribution >= 4 is 18.1 Å². The lowest BCUT2D eigenvalue weighted by Gasteiger charge is -2.02. The van der Waals surface area contributed by atoms with Gasteiger partial charge in [0.1, 0.15) is 6.61 Å². The van der Waals surface area contributed by atoms with Crippen molar-refractivity contribution in [2.45, 2.75) is 6.17 Å². The number of hydrogen-bond donors (Lipinski definition) is 0. The monoisotopic (exact) mass is 182 g/mol. The Balaban J connectivity index is 4.10. The lowest BCUT2D eigenvalue weighted by atomic mass is 10.5. The Labute approximate surface area is 73.6 Å². The van der Waals surface area contributed by atoms with Crippen molar-refractivity contribution in [3.63, 3.8) is 0 Å². The second-order valence-electron chi connectivity index (χ2n) is 1.76. The van der Waals surface area contributed by atoms with E-state index in [4.69, 9.17) is 0 Å². The summed E-state index contributed by atoms with van der Waals surface area (Å²) in [5.74, 6) is -0.688. The molecule has 0 heterocycles. The molecule has 0 unspecified atom stereocenters. The van der Waals surface area contributed by atoms with Crippen LogP contribution in [-0.4, -0.2) is 30.9 Å². The summed E-state index contributed by atoms with van der Waals surface area (Å²) in [5.41, 5.74) is 0. The third-order valence-corrected chi connectivity index (χ3v) is 0.945. The molecule has 13 heavy (non-hydrogen) atoms. The maximum atomic E-state index is 10.5. The van der Waals surface area contributed by atoms with Crippen LogP contribution < -0.4 is 0 Å². The molecule has 0 N–H and O–H groups in total. The molecule has 0 fully saturated rings. The molecule has 6 heteroatoms. The molecule has 0 aromatic heterocycles. The first kappa shape index (κ1) is 11.0. The number of esters is 1. The highest BCUT2D eigenvalue weighted by molar-refractivity contribution is 5.81. The van der Waals surface area contributed by atoms with Crippen LogP contribution in [0.25, 0.3) is 0 Å². The molecule has 68 valence electrons. The van der Waals surface area contributed by atoms with Gasteiger partial charge in [-0.25, -0.2) is 14.4 Å². The van der Waals surface area contributed by atoms with Crippen molar-refractivity contribution in [3.05, 3.63) is 12.7 Å². The fraction of sp³-hybridized carbons (Fsp3) is 0.286. The van der Waals surface area contributed by atoms with Crippen molar-refractivity contribution in [3.8, 4) is 0 Å². The van der Waals surface area contributed by atoms with E-state index >= 15 is 0 Å². The molecule has 0 radical (unpaired) electrons. The van der Waals surface area contributed by atoms with E-state index in [9.17, 15) is 14.4 Å². The smallest absolute Gasteiger partial charge is 0.330 e. The molecule has 0 aliphatic rings. The highest BCUT2D eigenvalue weighted by atomic mass is 16.5. The molecular weight excluding hydrogens is 176 g/mol. The number of carbonyl (C=O) groups is 1. The molecule has 0 saturated heterocycles. The van der Waals surface area contributed by atoms with Gasteiger partial charge in [0.25, 0.3) is 0 Å². The molecule has 0 aromatic carbocycles. The SMILES string of the molecule is C=CC(=O)OCC(N=C=O)N=C=O. The van der Waals surface area contributed by atoms with Crippen LogP contribution >= 0.6 is 0 Å². The molecule has 6 nitrogen and oxygen atoms in total. The second kappa shape index (κ2) is 6.67. The normalized spacial score (nSPS) is 10.2. The predicted molar refractivity (Wildman–Crippen MR) is 41.2 cm³/mol. The standard InChI is InChI=1S/C7H6N2O4/c1-2-7(12)13-3-6(8-4-10)9-5-11/h2,6H,1,3H2. The molecule has 0 saturated carbocycles. The minimum absolute atomic E-state index is 0.310. The Morgan fingerprint density at radius 3 is 2.38 bits per heavy atom. The first-order valence-corrected chi connectivity index (χ1v) is 3.17. The Kier molecular flexibility index (Phi) is 5.63. The summed E-state index contributed by atoms with van der Waals surface area (Å²) < 4.78 is 4.46. The number of ether oxygens (including phenoxy) is 1. The number of nitrogens with zero attached hydrogens (tertiary/aromatic N) is 2. The number of carbonyl (C=O) groups excluding carboxylic acids is 3. The van der Waals surface area contributed by atoms with Gasteiger partial charge in [-0.15, -0.1) is 0 Å². The predicted octanol–water partition coefficient (Wildman–Crippen LogP) is -0.287. The zero-order chi connectivity index (χ0) is 10.1. The summed E-state index contributed by atoms with van der Waals surface area (Å²) in [7, 11) is 0. The quantitative estimate of drug-likeness (QED) is 0.253. The largest absolute Gasteiger partial charge is 0.458 e. The average Bonchev–Trinajstić information content (AvgIpc) is 2.14. The summed E-state index contributed by atoms with van der Waals surface area (Å²) in [4.78, 5) is 36.2. The van der Waals surface area contributed by atoms with Crippen molar-refractivity contribution < 1.29 is 19.1 Å². The Bertz CT molecular complexity index is 269. The van der Waals surface area contributed by atoms with E-state index in [0.29, 0.717) is 0 Å². The molecule has 0 aliphatic heterocycles. The van der Waals surface area contributed by atoms with E-state index < -0.39 is 12.1 Å². The van der Waals surface area contributed by atoms with Crippen molar-refractivity contribution in [2.75, 3.05) is 6.61 Å². The minimum atomic E-state index is -1.07. The van der Waals surface area contributed by atoms with E-state index in [0.717, 1.165) is 6.08 Å². The fourth-order valence-corrected chi connectivity index (χ4v) is 0.441. The van der Waals surface area contributed by atoms with Gasteiger partial charge >= 0.3 is 5.97 Å². The van der Waals surface area contributed by atoms with E-state index in [-0.39, 0.29) is 6.61 Å².